The first kappa shape index (κ1) is 45.3. The standard InChI is InChI=1S/C21H25.C17H14Cl4.C5H7.2ClH.Zr/c1-20(2,3)16-7-9-18-14(12-16)11-15-13-17(21(4,5)6)8-10-19(15)18;18-8-14-2-12(3-15(6-14)9-19)1-13-4-16(10-20)7-17(5-13)11-21;1-2-4-5-3-1;;;/h7-10,12H,11H2,1-6H3;2-7H,8-11H2;1H,2,4-5H2;2*1H;/q-1;;-1;;;+2/p-2. The smallest absolute Gasteiger partial charge is 0.0694 e. The zero-order valence-corrected chi connectivity index (χ0v) is 36.8. The van der Waals surface area contributed by atoms with Crippen LogP contribution >= 0.6 is 46.4 Å². The topological polar surface area (TPSA) is 0 Å². The van der Waals surface area contributed by atoms with Gasteiger partial charge in [-0.05, 0) is 28.4 Å². The maximum Gasteiger partial charge on any atom is -0.0694 e. The van der Waals surface area contributed by atoms with Gasteiger partial charge in [0.15, 0.2) is 0 Å². The van der Waals surface area contributed by atoms with Gasteiger partial charge in [-0.25, -0.2) is 0 Å². The number of halogens is 6. The van der Waals surface area contributed by atoms with Crippen LogP contribution in [0.2, 0.25) is 0 Å². The van der Waals surface area contributed by atoms with Gasteiger partial charge >= 0.3 is 167 Å². The van der Waals surface area contributed by atoms with E-state index in [2.05, 4.69) is 114 Å². The van der Waals surface area contributed by atoms with E-state index >= 15 is 0 Å². The predicted octanol–water partition coefficient (Wildman–Crippen LogP) is 6.95. The van der Waals surface area contributed by atoms with E-state index in [4.69, 9.17) is 46.4 Å². The van der Waals surface area contributed by atoms with Crippen molar-refractivity contribution in [1.82, 2.24) is 0 Å². The third-order valence-electron chi connectivity index (χ3n) is 8.58. The average Bonchev–Trinajstić information content (AvgIpc) is 3.78. The summed E-state index contributed by atoms with van der Waals surface area (Å²) in [5, 5.41) is 0. The summed E-state index contributed by atoms with van der Waals surface area (Å²) in [7, 11) is 0. The number of rotatable bonds is 6. The van der Waals surface area contributed by atoms with Crippen molar-refractivity contribution in [3.05, 3.63) is 141 Å². The molecule has 0 unspecified atom stereocenters. The van der Waals surface area contributed by atoms with Gasteiger partial charge in [-0.1, -0.05) is 78.1 Å². The number of hydrogen-bond donors (Lipinski definition) is 0. The van der Waals surface area contributed by atoms with Gasteiger partial charge in [-0.2, -0.15) is 30.2 Å². The summed E-state index contributed by atoms with van der Waals surface area (Å²) < 4.78 is 1.25. The molecule has 0 amide bonds. The predicted molar refractivity (Wildman–Crippen MR) is 207 cm³/mol. The Morgan fingerprint density at radius 3 is 1.54 bits per heavy atom. The third kappa shape index (κ3) is 12.3. The van der Waals surface area contributed by atoms with Crippen LogP contribution < -0.4 is 24.8 Å². The van der Waals surface area contributed by atoms with E-state index in [-0.39, 0.29) is 35.6 Å². The van der Waals surface area contributed by atoms with Crippen LogP contribution in [0.15, 0.2) is 72.8 Å². The summed E-state index contributed by atoms with van der Waals surface area (Å²) in [5.41, 5.74) is 15.4. The van der Waals surface area contributed by atoms with Gasteiger partial charge in [0.05, 0.1) is 0 Å². The fourth-order valence-electron chi connectivity index (χ4n) is 5.83. The molecule has 0 spiro atoms. The molecule has 2 aliphatic rings. The van der Waals surface area contributed by atoms with E-state index < -0.39 is 0 Å². The molecule has 0 aliphatic heterocycles. The molecule has 0 atom stereocenters. The summed E-state index contributed by atoms with van der Waals surface area (Å²) in [6.45, 7) is 13.6. The Balaban J connectivity index is 0.000000293. The summed E-state index contributed by atoms with van der Waals surface area (Å²) >= 11 is 25.3. The zero-order chi connectivity index (χ0) is 35.1. The van der Waals surface area contributed by atoms with Crippen LogP contribution in [0.4, 0.5) is 0 Å². The molecule has 0 saturated carbocycles. The monoisotopic (exact) mass is 862 g/mol. The molecule has 0 bridgehead atoms. The summed E-state index contributed by atoms with van der Waals surface area (Å²) in [4.78, 5) is 0. The Labute approximate surface area is 348 Å². The Kier molecular flexibility index (Phi) is 18.6. The molecule has 6 rings (SSSR count). The van der Waals surface area contributed by atoms with Crippen molar-refractivity contribution in [2.45, 2.75) is 102 Å². The number of hydrogen-bond acceptors (Lipinski definition) is 0. The Morgan fingerprint density at radius 1 is 0.660 bits per heavy atom. The van der Waals surface area contributed by atoms with Crippen LogP contribution in [-0.4, -0.2) is 3.21 Å². The fourth-order valence-corrected chi connectivity index (χ4v) is 7.15. The fraction of sp³-hybridized carbons (Fsp3) is 0.372. The average molecular weight is 867 g/mol. The maximum absolute atomic E-state index is 5.99. The number of allylic oxidation sites excluding steroid dienone is 2. The SMILES string of the molecule is CC(C)(C)c1[c-]c2c(cc1)-c1ccc(C(C)(C)C)cc1C2.ClCc1cc(CCl)cc([C](=[Zr+2])c2cc(CCl)cc(CCl)c2)c1.[C-]1=CCCC1.[Cl-].[Cl-]. The minimum absolute atomic E-state index is 0. The van der Waals surface area contributed by atoms with Crippen LogP contribution in [0.1, 0.15) is 116 Å². The molecule has 0 aromatic heterocycles. The molecule has 0 radical (unpaired) electrons. The molecule has 7 heteroatoms. The Morgan fingerprint density at radius 2 is 1.16 bits per heavy atom. The zero-order valence-electron chi connectivity index (χ0n) is 29.9. The normalized spacial score (nSPS) is 12.7. The van der Waals surface area contributed by atoms with E-state index in [0.717, 1.165) is 28.7 Å². The van der Waals surface area contributed by atoms with Crippen LogP contribution in [-0.2, 0) is 65.0 Å². The first-order chi connectivity index (χ1) is 22.8. The first-order valence-corrected chi connectivity index (χ1v) is 20.0. The Bertz CT molecular complexity index is 1590. The number of fused-ring (bicyclic) bond motifs is 3. The summed E-state index contributed by atoms with van der Waals surface area (Å²) in [5.74, 6) is 1.93. The van der Waals surface area contributed by atoms with Crippen molar-refractivity contribution in [3.8, 4) is 11.1 Å². The van der Waals surface area contributed by atoms with E-state index in [1.807, 2.05) is 12.1 Å². The van der Waals surface area contributed by atoms with E-state index in [1.165, 1.54) is 91.2 Å². The quantitative estimate of drug-likeness (QED) is 0.128. The summed E-state index contributed by atoms with van der Waals surface area (Å²) in [6.07, 6.45) is 10.0. The van der Waals surface area contributed by atoms with Crippen molar-refractivity contribution in [3.63, 3.8) is 0 Å². The van der Waals surface area contributed by atoms with Gasteiger partial charge in [-0.3, -0.25) is 6.08 Å². The van der Waals surface area contributed by atoms with Crippen LogP contribution in [0.25, 0.3) is 11.1 Å². The van der Waals surface area contributed by atoms with Crippen molar-refractivity contribution < 1.29 is 49.0 Å². The van der Waals surface area contributed by atoms with Gasteiger partial charge in [0.25, 0.3) is 0 Å². The molecule has 0 saturated heterocycles. The molecule has 2 aliphatic carbocycles. The van der Waals surface area contributed by atoms with Gasteiger partial charge in [0, 0.05) is 0 Å². The second-order valence-electron chi connectivity index (χ2n) is 14.6. The number of benzene rings is 4. The molecule has 0 heterocycles. The minimum atomic E-state index is 0. The van der Waals surface area contributed by atoms with E-state index in [0.29, 0.717) is 23.5 Å². The molecule has 4 aromatic rings. The molecule has 0 fully saturated rings. The summed E-state index contributed by atoms with van der Waals surface area (Å²) in [6, 6.07) is 27.8. The van der Waals surface area contributed by atoms with Crippen LogP contribution in [0, 0.1) is 12.1 Å². The van der Waals surface area contributed by atoms with Crippen molar-refractivity contribution in [1.29, 1.82) is 0 Å². The van der Waals surface area contributed by atoms with Crippen LogP contribution in [0.3, 0.4) is 0 Å². The third-order valence-corrected chi connectivity index (χ3v) is 11.2. The van der Waals surface area contributed by atoms with Gasteiger partial charge in [0.2, 0.25) is 0 Å². The van der Waals surface area contributed by atoms with Crippen LogP contribution in [0.5, 0.6) is 0 Å². The van der Waals surface area contributed by atoms with Gasteiger partial charge < -0.3 is 30.9 Å². The Hall–Kier alpha value is -0.887. The second-order valence-corrected chi connectivity index (χ2v) is 16.9. The molecule has 0 N–H and O–H groups in total. The minimum Gasteiger partial charge on any atom is -1.00 e. The molecular formula is C43H46Cl6Zr-2. The molecule has 266 valence electrons. The van der Waals surface area contributed by atoms with Gasteiger partial charge in [-0.15, -0.1) is 11.1 Å². The number of alkyl halides is 4. The molecule has 4 aromatic carbocycles. The molecule has 0 nitrogen and oxygen atoms in total. The second kappa shape index (κ2) is 20.5. The van der Waals surface area contributed by atoms with E-state index in [9.17, 15) is 0 Å². The van der Waals surface area contributed by atoms with Crippen molar-refractivity contribution >= 4 is 49.6 Å². The van der Waals surface area contributed by atoms with Crippen molar-refractivity contribution in [2.75, 3.05) is 0 Å². The van der Waals surface area contributed by atoms with E-state index in [1.54, 1.807) is 0 Å². The maximum atomic E-state index is 5.99. The van der Waals surface area contributed by atoms with Gasteiger partial charge in [0.1, 0.15) is 0 Å². The van der Waals surface area contributed by atoms with Crippen molar-refractivity contribution in [2.24, 2.45) is 0 Å². The first-order valence-electron chi connectivity index (χ1n) is 16.6. The largest absolute Gasteiger partial charge is 1.00 e. The molecular weight excluding hydrogens is 820 g/mol. The molecule has 50 heavy (non-hydrogen) atoms.